The highest BCUT2D eigenvalue weighted by atomic mass is 16.5. The quantitative estimate of drug-likeness (QED) is 0.859. The van der Waals surface area contributed by atoms with Crippen molar-refractivity contribution in [1.29, 1.82) is 0 Å². The number of amidine groups is 1. The summed E-state index contributed by atoms with van der Waals surface area (Å²) in [4.78, 5) is 4.38. The topological polar surface area (TPSA) is 72.9 Å². The minimum Gasteiger partial charge on any atom is -0.481 e. The second-order valence-corrected chi connectivity index (χ2v) is 3.95. The molecule has 5 nitrogen and oxygen atoms in total. The molecule has 1 aromatic heterocycles. The highest BCUT2D eigenvalue weighted by Crippen LogP contribution is 2.20. The number of rotatable bonds is 3. The third kappa shape index (κ3) is 2.43. The fraction of sp³-hybridized carbons (Fsp3) is 0.417. The van der Waals surface area contributed by atoms with Crippen LogP contribution >= 0.6 is 0 Å². The van der Waals surface area contributed by atoms with Gasteiger partial charge in [0.2, 0.25) is 5.88 Å². The van der Waals surface area contributed by atoms with Crippen molar-refractivity contribution in [2.24, 2.45) is 21.9 Å². The Morgan fingerprint density at radius 1 is 1.41 bits per heavy atom. The highest BCUT2D eigenvalue weighted by Gasteiger charge is 2.22. The van der Waals surface area contributed by atoms with E-state index in [0.29, 0.717) is 11.7 Å². The third-order valence-corrected chi connectivity index (χ3v) is 2.82. The first kappa shape index (κ1) is 11.6. The van der Waals surface area contributed by atoms with E-state index in [-0.39, 0.29) is 5.92 Å². The van der Waals surface area contributed by atoms with Gasteiger partial charge in [0, 0.05) is 18.4 Å². The molecule has 1 unspecified atom stereocenters. The molecule has 1 aliphatic rings. The fourth-order valence-corrected chi connectivity index (χ4v) is 1.86. The zero-order chi connectivity index (χ0) is 12.3. The largest absolute Gasteiger partial charge is 0.481 e. The number of hydrogen-bond donors (Lipinski definition) is 1. The molecule has 2 N–H and O–H groups in total. The molecule has 5 heteroatoms. The van der Waals surface area contributed by atoms with Gasteiger partial charge < -0.3 is 10.5 Å². The van der Waals surface area contributed by atoms with Crippen LogP contribution < -0.4 is 10.5 Å². The van der Waals surface area contributed by atoms with E-state index in [2.05, 4.69) is 22.1 Å². The number of aromatic nitrogens is 1. The van der Waals surface area contributed by atoms with Crippen molar-refractivity contribution in [3.05, 3.63) is 23.9 Å². The molecule has 0 fully saturated rings. The van der Waals surface area contributed by atoms with Gasteiger partial charge in [0.1, 0.15) is 5.84 Å². The molecule has 1 aliphatic heterocycles. The summed E-state index contributed by atoms with van der Waals surface area (Å²) in [6, 6.07) is 5.63. The summed E-state index contributed by atoms with van der Waals surface area (Å²) in [5.74, 6) is 1.46. The lowest BCUT2D eigenvalue weighted by Gasteiger charge is -2.19. The number of pyridine rings is 1. The van der Waals surface area contributed by atoms with Crippen molar-refractivity contribution in [2.75, 3.05) is 7.11 Å². The van der Waals surface area contributed by atoms with E-state index < -0.39 is 0 Å². The number of hydrogen-bond acceptors (Lipinski definition) is 5. The normalized spacial score (nSPS) is 19.5. The van der Waals surface area contributed by atoms with Gasteiger partial charge in [-0.2, -0.15) is 5.10 Å². The summed E-state index contributed by atoms with van der Waals surface area (Å²) in [5.41, 5.74) is 7.40. The summed E-state index contributed by atoms with van der Waals surface area (Å²) < 4.78 is 5.11. The Morgan fingerprint density at radius 2 is 2.24 bits per heavy atom. The Labute approximate surface area is 100 Å². The molecule has 2 heterocycles. The second kappa shape index (κ2) is 4.95. The summed E-state index contributed by atoms with van der Waals surface area (Å²) in [6.45, 7) is 2.11. The Morgan fingerprint density at radius 3 is 2.94 bits per heavy atom. The van der Waals surface area contributed by atoms with Crippen LogP contribution in [0, 0.1) is 5.92 Å². The molecule has 1 atom stereocenters. The molecule has 1 aromatic rings. The first-order valence-corrected chi connectivity index (χ1v) is 5.66. The summed E-state index contributed by atoms with van der Waals surface area (Å²) in [6.07, 6.45) is 1.71. The first-order valence-electron chi connectivity index (χ1n) is 5.66. The lowest BCUT2D eigenvalue weighted by atomic mass is 9.93. The van der Waals surface area contributed by atoms with Gasteiger partial charge in [0.15, 0.2) is 0 Å². The Hall–Kier alpha value is -1.91. The zero-order valence-electron chi connectivity index (χ0n) is 10.1. The lowest BCUT2D eigenvalue weighted by Crippen LogP contribution is -2.27. The number of ether oxygens (including phenoxy) is 1. The SMILES string of the molecule is CCC1CC(N)=NN=C1c1cccc(OC)n1. The molecule has 0 saturated carbocycles. The number of nitrogens with zero attached hydrogens (tertiary/aromatic N) is 3. The number of nitrogens with two attached hydrogens (primary N) is 1. The predicted octanol–water partition coefficient (Wildman–Crippen LogP) is 1.58. The average Bonchev–Trinajstić information content (AvgIpc) is 2.38. The summed E-state index contributed by atoms with van der Waals surface area (Å²) >= 11 is 0. The summed E-state index contributed by atoms with van der Waals surface area (Å²) in [7, 11) is 1.60. The maximum atomic E-state index is 5.69. The van der Waals surface area contributed by atoms with Crippen molar-refractivity contribution >= 4 is 11.5 Å². The van der Waals surface area contributed by atoms with E-state index in [1.165, 1.54) is 0 Å². The molecule has 2 rings (SSSR count). The van der Waals surface area contributed by atoms with Crippen LogP contribution in [-0.4, -0.2) is 23.6 Å². The van der Waals surface area contributed by atoms with Crippen molar-refractivity contribution in [1.82, 2.24) is 4.98 Å². The van der Waals surface area contributed by atoms with Gasteiger partial charge in [-0.05, 0) is 12.5 Å². The standard InChI is InChI=1S/C12H16N4O/c1-3-8-7-10(13)15-16-12(8)9-5-4-6-11(14-9)17-2/h4-6,8H,3,7H2,1-2H3,(H2,13,15). The van der Waals surface area contributed by atoms with Crippen LogP contribution in [0.15, 0.2) is 28.4 Å². The van der Waals surface area contributed by atoms with Crippen LogP contribution in [0.1, 0.15) is 25.5 Å². The molecule has 0 aliphatic carbocycles. The van der Waals surface area contributed by atoms with Crippen molar-refractivity contribution in [3.63, 3.8) is 0 Å². The minimum atomic E-state index is 0.284. The van der Waals surface area contributed by atoms with Gasteiger partial charge in [-0.3, -0.25) is 0 Å². The zero-order valence-corrected chi connectivity index (χ0v) is 10.1. The highest BCUT2D eigenvalue weighted by molar-refractivity contribution is 6.04. The molecule has 0 saturated heterocycles. The van der Waals surface area contributed by atoms with E-state index in [1.807, 2.05) is 18.2 Å². The van der Waals surface area contributed by atoms with Crippen molar-refractivity contribution in [2.45, 2.75) is 19.8 Å². The van der Waals surface area contributed by atoms with E-state index >= 15 is 0 Å². The monoisotopic (exact) mass is 232 g/mol. The Bertz CT molecular complexity index is 467. The predicted molar refractivity (Wildman–Crippen MR) is 67.3 cm³/mol. The molecule has 0 bridgehead atoms. The van der Waals surface area contributed by atoms with Gasteiger partial charge >= 0.3 is 0 Å². The molecule has 0 spiro atoms. The first-order chi connectivity index (χ1) is 8.24. The van der Waals surface area contributed by atoms with Crippen LogP contribution in [0.3, 0.4) is 0 Å². The van der Waals surface area contributed by atoms with Crippen LogP contribution in [-0.2, 0) is 0 Å². The van der Waals surface area contributed by atoms with E-state index in [9.17, 15) is 0 Å². The van der Waals surface area contributed by atoms with Crippen molar-refractivity contribution < 1.29 is 4.74 Å². The molecule has 90 valence electrons. The van der Waals surface area contributed by atoms with Gasteiger partial charge in [0.05, 0.1) is 18.5 Å². The minimum absolute atomic E-state index is 0.284. The maximum Gasteiger partial charge on any atom is 0.213 e. The van der Waals surface area contributed by atoms with Gasteiger partial charge in [-0.15, -0.1) is 5.10 Å². The van der Waals surface area contributed by atoms with E-state index in [1.54, 1.807) is 7.11 Å². The van der Waals surface area contributed by atoms with Crippen LogP contribution in [0.2, 0.25) is 0 Å². The van der Waals surface area contributed by atoms with Gasteiger partial charge in [-0.1, -0.05) is 13.0 Å². The molecular weight excluding hydrogens is 216 g/mol. The van der Waals surface area contributed by atoms with Gasteiger partial charge in [-0.25, -0.2) is 4.98 Å². The number of methoxy groups -OCH3 is 1. The molecular formula is C12H16N4O. The van der Waals surface area contributed by atoms with Crippen LogP contribution in [0.4, 0.5) is 0 Å². The Balaban J connectivity index is 2.37. The average molecular weight is 232 g/mol. The molecule has 0 amide bonds. The van der Waals surface area contributed by atoms with E-state index in [0.717, 1.165) is 24.2 Å². The molecule has 0 radical (unpaired) electrons. The van der Waals surface area contributed by atoms with Crippen LogP contribution in [0.25, 0.3) is 0 Å². The molecule has 17 heavy (non-hydrogen) atoms. The smallest absolute Gasteiger partial charge is 0.213 e. The molecule has 0 aromatic carbocycles. The van der Waals surface area contributed by atoms with Crippen LogP contribution in [0.5, 0.6) is 5.88 Å². The third-order valence-electron chi connectivity index (χ3n) is 2.82. The second-order valence-electron chi connectivity index (χ2n) is 3.95. The fourth-order valence-electron chi connectivity index (χ4n) is 1.86. The van der Waals surface area contributed by atoms with E-state index in [4.69, 9.17) is 10.5 Å². The lowest BCUT2D eigenvalue weighted by molar-refractivity contribution is 0.397. The summed E-state index contributed by atoms with van der Waals surface area (Å²) in [5, 5.41) is 8.11. The van der Waals surface area contributed by atoms with Crippen molar-refractivity contribution in [3.8, 4) is 5.88 Å². The maximum absolute atomic E-state index is 5.69. The Kier molecular flexibility index (Phi) is 3.37. The van der Waals surface area contributed by atoms with Gasteiger partial charge in [0.25, 0.3) is 0 Å².